The maximum Gasteiger partial charge on any atom is 0.221 e. The number of benzene rings is 2. The highest BCUT2D eigenvalue weighted by atomic mass is 32.2. The van der Waals surface area contributed by atoms with Crippen molar-refractivity contribution >= 4 is 33.4 Å². The maximum atomic E-state index is 11.1. The zero-order valence-electron chi connectivity index (χ0n) is 9.10. The van der Waals surface area contributed by atoms with Crippen molar-refractivity contribution in [2.45, 2.75) is 11.8 Å². The van der Waals surface area contributed by atoms with Gasteiger partial charge in [-0.05, 0) is 28.6 Å². The number of hydrogen-bond acceptors (Lipinski definition) is 3. The van der Waals surface area contributed by atoms with Crippen LogP contribution in [0.1, 0.15) is 6.92 Å². The van der Waals surface area contributed by atoms with E-state index in [1.165, 1.54) is 13.0 Å². The molecule has 0 aromatic heterocycles. The molecule has 88 valence electrons. The van der Waals surface area contributed by atoms with E-state index < -0.39 is 11.1 Å². The monoisotopic (exact) mass is 248 g/mol. The van der Waals surface area contributed by atoms with Gasteiger partial charge in [0.25, 0.3) is 0 Å². The molecule has 1 N–H and O–H groups in total. The van der Waals surface area contributed by atoms with E-state index in [2.05, 4.69) is 5.32 Å². The molecule has 0 aliphatic heterocycles. The van der Waals surface area contributed by atoms with Gasteiger partial charge in [0.15, 0.2) is 0 Å². The van der Waals surface area contributed by atoms with Gasteiger partial charge in [-0.25, -0.2) is 0 Å². The average molecular weight is 248 g/mol. The Labute approximate surface area is 101 Å². The Bertz CT molecular complexity index is 610. The van der Waals surface area contributed by atoms with Crippen molar-refractivity contribution in [2.75, 3.05) is 5.32 Å². The summed E-state index contributed by atoms with van der Waals surface area (Å²) in [4.78, 5) is 11.3. The largest absolute Gasteiger partial charge is 0.768 e. The first-order chi connectivity index (χ1) is 8.09. The Hall–Kier alpha value is -1.72. The Morgan fingerprint density at radius 3 is 2.41 bits per heavy atom. The van der Waals surface area contributed by atoms with Crippen LogP contribution in [0.4, 0.5) is 5.69 Å². The third-order valence-corrected chi connectivity index (χ3v) is 3.09. The molecule has 5 heteroatoms. The zero-order chi connectivity index (χ0) is 12.4. The summed E-state index contributed by atoms with van der Waals surface area (Å²) in [6.45, 7) is 1.41. The molecule has 1 unspecified atom stereocenters. The van der Waals surface area contributed by atoms with Crippen LogP contribution in [0, 0.1) is 0 Å². The molecule has 0 heterocycles. The van der Waals surface area contributed by atoms with Crippen LogP contribution in [0.15, 0.2) is 41.3 Å². The molecule has 4 nitrogen and oxygen atoms in total. The van der Waals surface area contributed by atoms with Crippen molar-refractivity contribution in [2.24, 2.45) is 0 Å². The summed E-state index contributed by atoms with van der Waals surface area (Å²) in [5, 5.41) is 3.99. The first-order valence-electron chi connectivity index (χ1n) is 4.98. The zero-order valence-corrected chi connectivity index (χ0v) is 9.91. The second-order valence-corrected chi connectivity index (χ2v) is 4.48. The molecule has 0 saturated heterocycles. The van der Waals surface area contributed by atoms with E-state index in [0.29, 0.717) is 16.5 Å². The topological polar surface area (TPSA) is 69.2 Å². The lowest BCUT2D eigenvalue weighted by Crippen LogP contribution is -2.06. The van der Waals surface area contributed by atoms with Gasteiger partial charge in [-0.3, -0.25) is 9.00 Å². The van der Waals surface area contributed by atoms with E-state index in [9.17, 15) is 13.6 Å². The van der Waals surface area contributed by atoms with Crippen LogP contribution in [-0.2, 0) is 15.9 Å². The van der Waals surface area contributed by atoms with Crippen LogP contribution < -0.4 is 5.32 Å². The SMILES string of the molecule is CC(=O)Nc1ccc(S(=O)[O-])c2ccccc12. The number of carbonyl (C=O) groups excluding carboxylic acids is 1. The third-order valence-electron chi connectivity index (χ3n) is 2.37. The van der Waals surface area contributed by atoms with Gasteiger partial charge in [0.05, 0.1) is 0 Å². The van der Waals surface area contributed by atoms with E-state index >= 15 is 0 Å². The maximum absolute atomic E-state index is 11.1. The average Bonchev–Trinajstić information content (AvgIpc) is 2.28. The Morgan fingerprint density at radius 2 is 1.82 bits per heavy atom. The van der Waals surface area contributed by atoms with Gasteiger partial charge in [0, 0.05) is 22.9 Å². The molecule has 0 bridgehead atoms. The summed E-state index contributed by atoms with van der Waals surface area (Å²) in [5.41, 5.74) is 0.613. The number of nitrogens with one attached hydrogen (secondary N) is 1. The van der Waals surface area contributed by atoms with Crippen LogP contribution >= 0.6 is 0 Å². The Morgan fingerprint density at radius 1 is 1.18 bits per heavy atom. The van der Waals surface area contributed by atoms with E-state index in [1.807, 2.05) is 0 Å². The summed E-state index contributed by atoms with van der Waals surface area (Å²) >= 11 is -2.29. The standard InChI is InChI=1S/C12H11NO3S/c1-8(14)13-11-6-7-12(17(15)16)10-5-3-2-4-9(10)11/h2-7H,1H3,(H,13,14)(H,15,16)/p-1. The normalized spacial score (nSPS) is 12.4. The fourth-order valence-electron chi connectivity index (χ4n) is 1.72. The molecule has 0 saturated carbocycles. The number of anilines is 1. The summed E-state index contributed by atoms with van der Waals surface area (Å²) < 4.78 is 22.1. The highest BCUT2D eigenvalue weighted by Crippen LogP contribution is 2.28. The van der Waals surface area contributed by atoms with Gasteiger partial charge in [-0.2, -0.15) is 0 Å². The quantitative estimate of drug-likeness (QED) is 0.827. The number of amides is 1. The minimum absolute atomic E-state index is 0.189. The third kappa shape index (κ3) is 2.35. The molecule has 1 atom stereocenters. The second kappa shape index (κ2) is 4.65. The van der Waals surface area contributed by atoms with E-state index in [4.69, 9.17) is 0 Å². The summed E-state index contributed by atoms with van der Waals surface area (Å²) in [7, 11) is 0. The molecule has 0 spiro atoms. The molecule has 0 aliphatic rings. The number of hydrogen-bond donors (Lipinski definition) is 1. The number of fused-ring (bicyclic) bond motifs is 1. The van der Waals surface area contributed by atoms with Crippen molar-refractivity contribution in [3.05, 3.63) is 36.4 Å². The highest BCUT2D eigenvalue weighted by Gasteiger charge is 2.06. The van der Waals surface area contributed by atoms with Gasteiger partial charge in [-0.15, -0.1) is 0 Å². The summed E-state index contributed by atoms with van der Waals surface area (Å²) in [6.07, 6.45) is 0. The molecule has 0 radical (unpaired) electrons. The molecule has 17 heavy (non-hydrogen) atoms. The summed E-state index contributed by atoms with van der Waals surface area (Å²) in [5.74, 6) is -0.189. The lowest BCUT2D eigenvalue weighted by molar-refractivity contribution is -0.114. The molecule has 2 aromatic rings. The predicted molar refractivity (Wildman–Crippen MR) is 65.4 cm³/mol. The van der Waals surface area contributed by atoms with Crippen LogP contribution in [0.3, 0.4) is 0 Å². The minimum Gasteiger partial charge on any atom is -0.768 e. The van der Waals surface area contributed by atoms with E-state index in [1.54, 1.807) is 30.3 Å². The predicted octanol–water partition coefficient (Wildman–Crippen LogP) is 2.04. The smallest absolute Gasteiger partial charge is 0.221 e. The van der Waals surface area contributed by atoms with Crippen LogP contribution in [-0.4, -0.2) is 14.7 Å². The molecular weight excluding hydrogens is 238 g/mol. The Kier molecular flexibility index (Phi) is 3.21. The van der Waals surface area contributed by atoms with Crippen LogP contribution in [0.2, 0.25) is 0 Å². The van der Waals surface area contributed by atoms with Crippen molar-refractivity contribution in [1.29, 1.82) is 0 Å². The van der Waals surface area contributed by atoms with Gasteiger partial charge < -0.3 is 9.87 Å². The molecular formula is C12H10NO3S-. The molecule has 2 rings (SSSR count). The fraction of sp³-hybridized carbons (Fsp3) is 0.0833. The minimum atomic E-state index is -2.29. The first kappa shape index (κ1) is 11.8. The van der Waals surface area contributed by atoms with Gasteiger partial charge in [0.2, 0.25) is 5.91 Å². The van der Waals surface area contributed by atoms with Crippen molar-refractivity contribution in [3.8, 4) is 0 Å². The number of rotatable bonds is 2. The van der Waals surface area contributed by atoms with Gasteiger partial charge in [-0.1, -0.05) is 24.3 Å². The van der Waals surface area contributed by atoms with Crippen molar-refractivity contribution in [1.82, 2.24) is 0 Å². The Balaban J connectivity index is 2.70. The van der Waals surface area contributed by atoms with Crippen molar-refractivity contribution in [3.63, 3.8) is 0 Å². The van der Waals surface area contributed by atoms with E-state index in [0.717, 1.165) is 0 Å². The van der Waals surface area contributed by atoms with E-state index in [-0.39, 0.29) is 10.8 Å². The number of carbonyl (C=O) groups is 1. The van der Waals surface area contributed by atoms with Crippen molar-refractivity contribution < 1.29 is 13.6 Å². The second-order valence-electron chi connectivity index (χ2n) is 3.57. The van der Waals surface area contributed by atoms with Gasteiger partial charge >= 0.3 is 0 Å². The highest BCUT2D eigenvalue weighted by molar-refractivity contribution is 7.79. The first-order valence-corrected chi connectivity index (χ1v) is 6.05. The molecule has 1 amide bonds. The van der Waals surface area contributed by atoms with Crippen LogP contribution in [0.25, 0.3) is 10.8 Å². The lowest BCUT2D eigenvalue weighted by atomic mass is 10.1. The fourth-order valence-corrected chi connectivity index (χ4v) is 2.25. The molecule has 0 fully saturated rings. The summed E-state index contributed by atoms with van der Waals surface area (Å²) in [6, 6.07) is 10.1. The van der Waals surface area contributed by atoms with Gasteiger partial charge in [0.1, 0.15) is 0 Å². The molecule has 0 aliphatic carbocycles. The lowest BCUT2D eigenvalue weighted by Gasteiger charge is -2.12. The molecule has 2 aromatic carbocycles. The van der Waals surface area contributed by atoms with Crippen LogP contribution in [0.5, 0.6) is 0 Å².